The van der Waals surface area contributed by atoms with Gasteiger partial charge < -0.3 is 9.84 Å². The van der Waals surface area contributed by atoms with E-state index in [2.05, 4.69) is 13.8 Å². The number of hydrogen-bond acceptors (Lipinski definition) is 4. The molecule has 0 heterocycles. The molecule has 0 amide bonds. The van der Waals surface area contributed by atoms with Gasteiger partial charge in [-0.15, -0.1) is 0 Å². The van der Waals surface area contributed by atoms with E-state index >= 15 is 0 Å². The Labute approximate surface area is 169 Å². The van der Waals surface area contributed by atoms with Gasteiger partial charge in [0, 0.05) is 11.8 Å². The molecule has 0 aliphatic heterocycles. The molecule has 156 valence electrons. The summed E-state index contributed by atoms with van der Waals surface area (Å²) >= 11 is 0. The maximum absolute atomic E-state index is 13.0. The van der Waals surface area contributed by atoms with Crippen LogP contribution in [0.5, 0.6) is 0 Å². The SMILES string of the molecule is CC(C)OCC(=O)[C@@]1(O)CC[C@H]2[C@@H]3CCC4=CC(=O)CC[C@]4(C)[C@H]3CC[C@@]21C. The van der Waals surface area contributed by atoms with Crippen LogP contribution in [0.1, 0.15) is 79.1 Å². The van der Waals surface area contributed by atoms with Crippen LogP contribution in [-0.4, -0.2) is 35.0 Å². The smallest absolute Gasteiger partial charge is 0.190 e. The molecule has 6 atom stereocenters. The van der Waals surface area contributed by atoms with Gasteiger partial charge in [-0.05, 0) is 88.0 Å². The van der Waals surface area contributed by atoms with Gasteiger partial charge in [0.25, 0.3) is 0 Å². The Morgan fingerprint density at radius 1 is 1.14 bits per heavy atom. The van der Waals surface area contributed by atoms with Crippen LogP contribution in [0.2, 0.25) is 0 Å². The minimum atomic E-state index is -1.25. The number of hydrogen-bond donors (Lipinski definition) is 1. The van der Waals surface area contributed by atoms with Gasteiger partial charge in [0.05, 0.1) is 6.10 Å². The molecule has 4 heteroatoms. The number of carbonyl (C=O) groups is 2. The van der Waals surface area contributed by atoms with E-state index in [0.717, 1.165) is 38.5 Å². The zero-order chi connectivity index (χ0) is 20.3. The number of carbonyl (C=O) groups excluding carboxylic acids is 2. The Bertz CT molecular complexity index is 709. The second-order valence-corrected chi connectivity index (χ2v) is 10.6. The number of ketones is 2. The van der Waals surface area contributed by atoms with Crippen molar-refractivity contribution in [1.29, 1.82) is 0 Å². The standard InChI is InChI=1S/C24H36O4/c1-15(2)28-14-21(26)24(27)12-9-20-18-6-5-16-13-17(25)7-10-22(16,3)19(18)8-11-23(20,24)4/h13,15,18-20,27H,5-12,14H2,1-4H3/t18-,19+,20+,22+,23+,24+/m1/s1. The maximum Gasteiger partial charge on any atom is 0.190 e. The van der Waals surface area contributed by atoms with Crippen LogP contribution in [0.15, 0.2) is 11.6 Å². The Morgan fingerprint density at radius 2 is 1.86 bits per heavy atom. The van der Waals surface area contributed by atoms with Gasteiger partial charge in [-0.1, -0.05) is 19.4 Å². The summed E-state index contributed by atoms with van der Waals surface area (Å²) in [5.74, 6) is 1.66. The lowest BCUT2D eigenvalue weighted by Crippen LogP contribution is -2.58. The zero-order valence-corrected chi connectivity index (χ0v) is 17.9. The van der Waals surface area contributed by atoms with E-state index in [1.807, 2.05) is 19.9 Å². The summed E-state index contributed by atoms with van der Waals surface area (Å²) in [6.45, 7) is 8.38. The fourth-order valence-corrected chi connectivity index (χ4v) is 7.40. The minimum absolute atomic E-state index is 0.00851. The number of ether oxygens (including phenoxy) is 1. The lowest BCUT2D eigenvalue weighted by atomic mass is 9.46. The number of allylic oxidation sites excluding steroid dienone is 1. The summed E-state index contributed by atoms with van der Waals surface area (Å²) in [5.41, 5.74) is -0.114. The van der Waals surface area contributed by atoms with Crippen molar-refractivity contribution in [3.8, 4) is 0 Å². The molecule has 3 saturated carbocycles. The van der Waals surface area contributed by atoms with Crippen LogP contribution in [0, 0.1) is 28.6 Å². The first-order valence-corrected chi connectivity index (χ1v) is 11.2. The molecule has 4 aliphatic carbocycles. The third kappa shape index (κ3) is 2.78. The van der Waals surface area contributed by atoms with Crippen LogP contribution in [0.4, 0.5) is 0 Å². The molecular formula is C24H36O4. The normalized spacial score (nSPS) is 45.3. The molecule has 4 aliphatic rings. The minimum Gasteiger partial charge on any atom is -0.381 e. The van der Waals surface area contributed by atoms with Gasteiger partial charge in [-0.2, -0.15) is 0 Å². The summed E-state index contributed by atoms with van der Waals surface area (Å²) in [6, 6.07) is 0. The van der Waals surface area contributed by atoms with Gasteiger partial charge in [0.1, 0.15) is 12.2 Å². The van der Waals surface area contributed by atoms with Crippen molar-refractivity contribution in [1.82, 2.24) is 0 Å². The van der Waals surface area contributed by atoms with E-state index in [1.54, 1.807) is 0 Å². The van der Waals surface area contributed by atoms with Crippen molar-refractivity contribution in [2.24, 2.45) is 28.6 Å². The maximum atomic E-state index is 13.0. The highest BCUT2D eigenvalue weighted by atomic mass is 16.5. The van der Waals surface area contributed by atoms with E-state index < -0.39 is 5.60 Å². The molecule has 4 nitrogen and oxygen atoms in total. The second kappa shape index (κ2) is 6.77. The largest absolute Gasteiger partial charge is 0.381 e. The Kier molecular flexibility index (Phi) is 4.90. The topological polar surface area (TPSA) is 63.6 Å². The summed E-state index contributed by atoms with van der Waals surface area (Å²) in [7, 11) is 0. The molecule has 1 N–H and O–H groups in total. The van der Waals surface area contributed by atoms with E-state index in [1.165, 1.54) is 5.57 Å². The molecule has 0 aromatic carbocycles. The predicted molar refractivity (Wildman–Crippen MR) is 108 cm³/mol. The molecule has 0 aromatic rings. The van der Waals surface area contributed by atoms with Crippen LogP contribution in [-0.2, 0) is 14.3 Å². The third-order valence-corrected chi connectivity index (χ3v) is 9.12. The van der Waals surface area contributed by atoms with Crippen molar-refractivity contribution in [3.63, 3.8) is 0 Å². The Hall–Kier alpha value is -1.00. The average molecular weight is 389 g/mol. The monoisotopic (exact) mass is 388 g/mol. The summed E-state index contributed by atoms with van der Waals surface area (Å²) < 4.78 is 5.56. The first-order chi connectivity index (χ1) is 13.1. The van der Waals surface area contributed by atoms with Gasteiger partial charge in [-0.25, -0.2) is 0 Å². The van der Waals surface area contributed by atoms with Crippen LogP contribution in [0.25, 0.3) is 0 Å². The quantitative estimate of drug-likeness (QED) is 0.782. The fraction of sp³-hybridized carbons (Fsp3) is 0.833. The van der Waals surface area contributed by atoms with Crippen molar-refractivity contribution in [3.05, 3.63) is 11.6 Å². The molecule has 0 bridgehead atoms. The predicted octanol–water partition coefficient (Wildman–Crippen LogP) is 4.24. The molecule has 0 radical (unpaired) electrons. The number of Topliss-reactive ketones (excluding diaryl/α,β-unsaturated/α-hetero) is 1. The first-order valence-electron chi connectivity index (χ1n) is 11.2. The van der Waals surface area contributed by atoms with Crippen LogP contribution in [0.3, 0.4) is 0 Å². The van der Waals surface area contributed by atoms with Crippen molar-refractivity contribution in [2.45, 2.75) is 90.8 Å². The molecule has 0 aromatic heterocycles. The van der Waals surface area contributed by atoms with Gasteiger partial charge in [0.15, 0.2) is 11.6 Å². The van der Waals surface area contributed by atoms with Crippen molar-refractivity contribution >= 4 is 11.6 Å². The average Bonchev–Trinajstić information content (AvgIpc) is 2.92. The number of rotatable bonds is 4. The molecule has 28 heavy (non-hydrogen) atoms. The molecule has 0 saturated heterocycles. The molecule has 3 fully saturated rings. The highest BCUT2D eigenvalue weighted by molar-refractivity contribution is 5.91. The van der Waals surface area contributed by atoms with Gasteiger partial charge in [-0.3, -0.25) is 9.59 Å². The van der Waals surface area contributed by atoms with Gasteiger partial charge >= 0.3 is 0 Å². The molecule has 0 spiro atoms. The van der Waals surface area contributed by atoms with E-state index in [4.69, 9.17) is 4.74 Å². The second-order valence-electron chi connectivity index (χ2n) is 10.6. The Morgan fingerprint density at radius 3 is 2.57 bits per heavy atom. The van der Waals surface area contributed by atoms with Gasteiger partial charge in [0.2, 0.25) is 0 Å². The number of fused-ring (bicyclic) bond motifs is 5. The highest BCUT2D eigenvalue weighted by Crippen LogP contribution is 2.67. The van der Waals surface area contributed by atoms with E-state index in [0.29, 0.717) is 30.6 Å². The van der Waals surface area contributed by atoms with Crippen LogP contribution >= 0.6 is 0 Å². The number of aliphatic hydroxyl groups is 1. The van der Waals surface area contributed by atoms with Crippen molar-refractivity contribution < 1.29 is 19.4 Å². The molecular weight excluding hydrogens is 352 g/mol. The van der Waals surface area contributed by atoms with E-state index in [9.17, 15) is 14.7 Å². The first kappa shape index (κ1) is 20.3. The summed E-state index contributed by atoms with van der Waals surface area (Å²) in [5, 5.41) is 11.6. The fourth-order valence-electron chi connectivity index (χ4n) is 7.40. The van der Waals surface area contributed by atoms with Crippen molar-refractivity contribution in [2.75, 3.05) is 6.61 Å². The van der Waals surface area contributed by atoms with E-state index in [-0.39, 0.29) is 35.1 Å². The Balaban J connectivity index is 1.60. The molecule has 0 unspecified atom stereocenters. The molecule has 4 rings (SSSR count). The summed E-state index contributed by atoms with van der Waals surface area (Å²) in [6.07, 6.45) is 9.07. The summed E-state index contributed by atoms with van der Waals surface area (Å²) in [4.78, 5) is 25.0. The lowest BCUT2D eigenvalue weighted by Gasteiger charge is -2.58. The third-order valence-electron chi connectivity index (χ3n) is 9.12. The zero-order valence-electron chi connectivity index (χ0n) is 17.9. The van der Waals surface area contributed by atoms with Crippen LogP contribution < -0.4 is 0 Å². The lowest BCUT2D eigenvalue weighted by molar-refractivity contribution is -0.167. The highest BCUT2D eigenvalue weighted by Gasteiger charge is 2.66.